The van der Waals surface area contributed by atoms with Gasteiger partial charge in [0.1, 0.15) is 6.61 Å². The first-order chi connectivity index (χ1) is 10.4. The van der Waals surface area contributed by atoms with Crippen LogP contribution in [-0.4, -0.2) is 18.1 Å². The summed E-state index contributed by atoms with van der Waals surface area (Å²) < 4.78 is 5.86. The summed E-state index contributed by atoms with van der Waals surface area (Å²) in [6.07, 6.45) is 2.47. The van der Waals surface area contributed by atoms with Gasteiger partial charge < -0.3 is 10.1 Å². The topological polar surface area (TPSA) is 34.1 Å². The van der Waals surface area contributed by atoms with Crippen LogP contribution >= 0.6 is 0 Å². The van der Waals surface area contributed by atoms with Crippen LogP contribution < -0.4 is 10.1 Å². The van der Waals surface area contributed by atoms with E-state index in [0.29, 0.717) is 12.0 Å². The minimum absolute atomic E-state index is 0.331. The summed E-state index contributed by atoms with van der Waals surface area (Å²) in [5.74, 6) is 1.51. The van der Waals surface area contributed by atoms with E-state index in [2.05, 4.69) is 29.6 Å². The number of hydrogen-bond acceptors (Lipinski definition) is 3. The van der Waals surface area contributed by atoms with Crippen LogP contribution in [0.5, 0.6) is 5.88 Å². The predicted octanol–water partition coefficient (Wildman–Crippen LogP) is 2.91. The summed E-state index contributed by atoms with van der Waals surface area (Å²) in [5, 5.41) is 3.47. The van der Waals surface area contributed by atoms with Gasteiger partial charge in [0.05, 0.1) is 5.69 Å². The Labute approximate surface area is 125 Å². The fraction of sp³-hybridized carbons (Fsp3) is 0.389. The lowest BCUT2D eigenvalue weighted by Crippen LogP contribution is -2.31. The van der Waals surface area contributed by atoms with E-state index in [0.717, 1.165) is 24.9 Å². The van der Waals surface area contributed by atoms with Crippen LogP contribution in [0.4, 0.5) is 0 Å². The Hall–Kier alpha value is -1.87. The molecular weight excluding hydrogens is 260 g/mol. The van der Waals surface area contributed by atoms with E-state index in [1.54, 1.807) is 0 Å². The van der Waals surface area contributed by atoms with Crippen LogP contribution in [0.1, 0.15) is 24.1 Å². The van der Waals surface area contributed by atoms with Gasteiger partial charge in [0.2, 0.25) is 5.88 Å². The van der Waals surface area contributed by atoms with Crippen molar-refractivity contribution in [2.75, 3.05) is 13.1 Å². The molecule has 3 nitrogen and oxygen atoms in total. The molecular formula is C18H20N2O. The van der Waals surface area contributed by atoms with Crippen molar-refractivity contribution in [2.45, 2.75) is 24.9 Å². The lowest BCUT2D eigenvalue weighted by molar-refractivity contribution is 0.291. The lowest BCUT2D eigenvalue weighted by Gasteiger charge is -2.22. The molecule has 4 rings (SSSR count). The van der Waals surface area contributed by atoms with Gasteiger partial charge in [-0.25, -0.2) is 4.98 Å². The molecule has 1 aliphatic carbocycles. The van der Waals surface area contributed by atoms with E-state index < -0.39 is 0 Å². The fourth-order valence-corrected chi connectivity index (χ4v) is 3.49. The molecule has 1 aromatic heterocycles. The Morgan fingerprint density at radius 3 is 2.90 bits per heavy atom. The number of ether oxygens (including phenoxy) is 1. The van der Waals surface area contributed by atoms with E-state index in [1.807, 2.05) is 24.3 Å². The standard InChI is InChI=1S/C18H20N2O/c1-2-5-14(6-3-1)13-21-17-8-4-7-16(20-17)18-9-10-19-12-15(18)11-18/h1-8,15,19H,9-13H2. The average Bonchev–Trinajstić information content (AvgIpc) is 3.30. The molecule has 1 aliphatic heterocycles. The van der Waals surface area contributed by atoms with Crippen molar-refractivity contribution in [3.63, 3.8) is 0 Å². The quantitative estimate of drug-likeness (QED) is 0.935. The molecule has 1 aromatic carbocycles. The van der Waals surface area contributed by atoms with Crippen molar-refractivity contribution in [3.8, 4) is 5.88 Å². The van der Waals surface area contributed by atoms with Crippen LogP contribution in [0.3, 0.4) is 0 Å². The monoisotopic (exact) mass is 280 g/mol. The molecule has 0 bridgehead atoms. The first kappa shape index (κ1) is 12.8. The Balaban J connectivity index is 1.49. The minimum Gasteiger partial charge on any atom is -0.473 e. The molecule has 2 heterocycles. The summed E-state index contributed by atoms with van der Waals surface area (Å²) >= 11 is 0. The van der Waals surface area contributed by atoms with Crippen LogP contribution in [0.2, 0.25) is 0 Å². The van der Waals surface area contributed by atoms with E-state index in [-0.39, 0.29) is 0 Å². The van der Waals surface area contributed by atoms with Gasteiger partial charge in [-0.1, -0.05) is 36.4 Å². The molecule has 1 saturated heterocycles. The molecule has 2 aliphatic rings. The molecule has 0 radical (unpaired) electrons. The number of nitrogens with one attached hydrogen (secondary N) is 1. The van der Waals surface area contributed by atoms with Crippen LogP contribution in [0.25, 0.3) is 0 Å². The third kappa shape index (κ3) is 2.42. The van der Waals surface area contributed by atoms with Gasteiger partial charge in [-0.05, 0) is 43.5 Å². The predicted molar refractivity (Wildman–Crippen MR) is 82.3 cm³/mol. The molecule has 2 aromatic rings. The zero-order chi connectivity index (χ0) is 14.1. The first-order valence-corrected chi connectivity index (χ1v) is 7.72. The third-order valence-corrected chi connectivity index (χ3v) is 4.83. The molecule has 2 unspecified atom stereocenters. The number of pyridine rings is 1. The van der Waals surface area contributed by atoms with Crippen molar-refractivity contribution >= 4 is 0 Å². The number of hydrogen-bond donors (Lipinski definition) is 1. The molecule has 108 valence electrons. The summed E-state index contributed by atoms with van der Waals surface area (Å²) in [4.78, 5) is 4.77. The minimum atomic E-state index is 0.331. The van der Waals surface area contributed by atoms with E-state index in [1.165, 1.54) is 24.1 Å². The van der Waals surface area contributed by atoms with E-state index in [9.17, 15) is 0 Å². The number of nitrogens with zero attached hydrogens (tertiary/aromatic N) is 1. The van der Waals surface area contributed by atoms with Crippen molar-refractivity contribution in [2.24, 2.45) is 5.92 Å². The van der Waals surface area contributed by atoms with Crippen molar-refractivity contribution in [1.82, 2.24) is 10.3 Å². The fourth-order valence-electron chi connectivity index (χ4n) is 3.49. The molecule has 3 heteroatoms. The zero-order valence-electron chi connectivity index (χ0n) is 12.1. The molecule has 1 saturated carbocycles. The van der Waals surface area contributed by atoms with Gasteiger partial charge in [0.25, 0.3) is 0 Å². The highest BCUT2D eigenvalue weighted by Gasteiger charge is 2.56. The first-order valence-electron chi connectivity index (χ1n) is 7.72. The zero-order valence-corrected chi connectivity index (χ0v) is 12.1. The number of fused-ring (bicyclic) bond motifs is 1. The van der Waals surface area contributed by atoms with E-state index in [4.69, 9.17) is 9.72 Å². The van der Waals surface area contributed by atoms with Crippen LogP contribution in [0, 0.1) is 5.92 Å². The molecule has 0 spiro atoms. The normalized spacial score (nSPS) is 27.0. The highest BCUT2D eigenvalue weighted by Crippen LogP contribution is 2.57. The molecule has 1 N–H and O–H groups in total. The van der Waals surface area contributed by atoms with Gasteiger partial charge >= 0.3 is 0 Å². The van der Waals surface area contributed by atoms with Gasteiger partial charge in [-0.2, -0.15) is 0 Å². The second-order valence-corrected chi connectivity index (χ2v) is 6.15. The lowest BCUT2D eigenvalue weighted by atomic mass is 9.92. The third-order valence-electron chi connectivity index (χ3n) is 4.83. The second-order valence-electron chi connectivity index (χ2n) is 6.15. The van der Waals surface area contributed by atoms with E-state index >= 15 is 0 Å². The van der Waals surface area contributed by atoms with Crippen molar-refractivity contribution < 1.29 is 4.74 Å². The molecule has 2 atom stereocenters. The molecule has 0 amide bonds. The van der Waals surface area contributed by atoms with Gasteiger partial charge in [0.15, 0.2) is 0 Å². The summed E-state index contributed by atoms with van der Waals surface area (Å²) in [7, 11) is 0. The Morgan fingerprint density at radius 1 is 1.14 bits per heavy atom. The largest absolute Gasteiger partial charge is 0.473 e. The molecule has 2 fully saturated rings. The number of piperidine rings is 1. The smallest absolute Gasteiger partial charge is 0.213 e. The number of benzene rings is 1. The summed E-state index contributed by atoms with van der Waals surface area (Å²) in [6.45, 7) is 2.82. The Bertz CT molecular complexity index is 628. The van der Waals surface area contributed by atoms with Crippen LogP contribution in [-0.2, 0) is 12.0 Å². The maximum atomic E-state index is 5.86. The second kappa shape index (κ2) is 5.15. The SMILES string of the molecule is c1ccc(COc2cccc(C34CCNCC3C4)n2)cc1. The Morgan fingerprint density at radius 2 is 2.05 bits per heavy atom. The highest BCUT2D eigenvalue weighted by atomic mass is 16.5. The van der Waals surface area contributed by atoms with Crippen molar-refractivity contribution in [1.29, 1.82) is 0 Å². The van der Waals surface area contributed by atoms with Crippen molar-refractivity contribution in [3.05, 3.63) is 59.8 Å². The number of rotatable bonds is 4. The Kier molecular flexibility index (Phi) is 3.15. The maximum absolute atomic E-state index is 5.86. The van der Waals surface area contributed by atoms with Gasteiger partial charge in [-0.15, -0.1) is 0 Å². The average molecular weight is 280 g/mol. The number of aromatic nitrogens is 1. The van der Waals surface area contributed by atoms with Gasteiger partial charge in [0, 0.05) is 11.5 Å². The summed E-state index contributed by atoms with van der Waals surface area (Å²) in [6, 6.07) is 16.4. The summed E-state index contributed by atoms with van der Waals surface area (Å²) in [5.41, 5.74) is 2.73. The van der Waals surface area contributed by atoms with Crippen LogP contribution in [0.15, 0.2) is 48.5 Å². The molecule has 21 heavy (non-hydrogen) atoms. The maximum Gasteiger partial charge on any atom is 0.213 e. The van der Waals surface area contributed by atoms with Gasteiger partial charge in [-0.3, -0.25) is 0 Å². The highest BCUT2D eigenvalue weighted by molar-refractivity contribution is 5.32.